The maximum absolute atomic E-state index is 12.7. The molecule has 120 valence electrons. The highest BCUT2D eigenvalue weighted by atomic mass is 16.5. The second kappa shape index (κ2) is 5.83. The number of piperidine rings is 1. The number of carbonyl (C=O) groups excluding carboxylic acids is 1. The molecule has 3 rings (SSSR count). The average Bonchev–Trinajstić information content (AvgIpc) is 2.87. The van der Waals surface area contributed by atoms with Gasteiger partial charge in [0, 0.05) is 19.0 Å². The van der Waals surface area contributed by atoms with E-state index in [2.05, 4.69) is 28.9 Å². The number of carbonyl (C=O) groups is 1. The summed E-state index contributed by atoms with van der Waals surface area (Å²) < 4.78 is 5.46. The van der Waals surface area contributed by atoms with Crippen molar-refractivity contribution in [1.29, 1.82) is 0 Å². The van der Waals surface area contributed by atoms with Gasteiger partial charge in [0.15, 0.2) is 5.82 Å². The predicted molar refractivity (Wildman–Crippen MR) is 83.5 cm³/mol. The van der Waals surface area contributed by atoms with E-state index < -0.39 is 0 Å². The fourth-order valence-corrected chi connectivity index (χ4v) is 3.14. The second-order valence-electron chi connectivity index (χ2n) is 6.85. The zero-order chi connectivity index (χ0) is 15.7. The van der Waals surface area contributed by atoms with Crippen molar-refractivity contribution in [1.82, 2.24) is 15.1 Å². The van der Waals surface area contributed by atoms with Crippen molar-refractivity contribution in [2.45, 2.75) is 39.2 Å². The minimum atomic E-state index is -0.184. The van der Waals surface area contributed by atoms with Crippen LogP contribution in [0.25, 0.3) is 0 Å². The van der Waals surface area contributed by atoms with Gasteiger partial charge < -0.3 is 14.5 Å². The Morgan fingerprint density at radius 3 is 2.55 bits per heavy atom. The Labute approximate surface area is 131 Å². The van der Waals surface area contributed by atoms with Crippen molar-refractivity contribution >= 4 is 11.7 Å². The van der Waals surface area contributed by atoms with Gasteiger partial charge in [0.25, 0.3) is 0 Å². The molecule has 0 unspecified atom stereocenters. The molecule has 2 fully saturated rings. The molecule has 3 heterocycles. The quantitative estimate of drug-likeness (QED) is 0.830. The molecule has 0 radical (unpaired) electrons. The van der Waals surface area contributed by atoms with Gasteiger partial charge in [-0.2, -0.15) is 5.10 Å². The number of hydrogen-bond donors (Lipinski definition) is 0. The van der Waals surface area contributed by atoms with Crippen molar-refractivity contribution in [3.63, 3.8) is 0 Å². The van der Waals surface area contributed by atoms with E-state index in [0.717, 1.165) is 37.4 Å². The number of amides is 1. The van der Waals surface area contributed by atoms with Gasteiger partial charge in [-0.1, -0.05) is 0 Å². The maximum Gasteiger partial charge on any atom is 0.228 e. The number of hydrogen-bond acceptors (Lipinski definition) is 5. The van der Waals surface area contributed by atoms with Crippen molar-refractivity contribution in [2.24, 2.45) is 5.92 Å². The standard InChI is InChI=1S/C16H24N4O2/c1-12-4-5-14(18-17-12)19-8-6-13(7-9-19)15(21)20-11-22-10-16(20,2)3/h4-5,13H,6-11H2,1-3H3. The Bertz CT molecular complexity index is 536. The van der Waals surface area contributed by atoms with E-state index in [9.17, 15) is 4.79 Å². The van der Waals surface area contributed by atoms with Crippen LogP contribution in [0.3, 0.4) is 0 Å². The minimum absolute atomic E-state index is 0.0932. The van der Waals surface area contributed by atoms with Crippen LogP contribution in [-0.2, 0) is 9.53 Å². The molecule has 22 heavy (non-hydrogen) atoms. The summed E-state index contributed by atoms with van der Waals surface area (Å²) in [6.07, 6.45) is 1.72. The summed E-state index contributed by atoms with van der Waals surface area (Å²) in [7, 11) is 0. The van der Waals surface area contributed by atoms with Crippen molar-refractivity contribution in [3.05, 3.63) is 17.8 Å². The Morgan fingerprint density at radius 1 is 1.27 bits per heavy atom. The van der Waals surface area contributed by atoms with Crippen molar-refractivity contribution < 1.29 is 9.53 Å². The van der Waals surface area contributed by atoms with Crippen LogP contribution in [0.5, 0.6) is 0 Å². The molecule has 0 saturated carbocycles. The molecule has 0 N–H and O–H groups in total. The van der Waals surface area contributed by atoms with Gasteiger partial charge in [-0.05, 0) is 45.7 Å². The highest BCUT2D eigenvalue weighted by Crippen LogP contribution is 2.28. The Kier molecular flexibility index (Phi) is 4.04. The molecule has 2 aliphatic heterocycles. The van der Waals surface area contributed by atoms with Crippen LogP contribution in [0.15, 0.2) is 12.1 Å². The van der Waals surface area contributed by atoms with Gasteiger partial charge in [0.05, 0.1) is 17.8 Å². The number of ether oxygens (including phenoxy) is 1. The van der Waals surface area contributed by atoms with Crippen molar-refractivity contribution in [3.8, 4) is 0 Å². The lowest BCUT2D eigenvalue weighted by Crippen LogP contribution is -2.49. The van der Waals surface area contributed by atoms with Crippen LogP contribution in [0, 0.1) is 12.8 Å². The number of aryl methyl sites for hydroxylation is 1. The molecule has 0 aliphatic carbocycles. The van der Waals surface area contributed by atoms with E-state index in [1.165, 1.54) is 0 Å². The van der Waals surface area contributed by atoms with E-state index >= 15 is 0 Å². The van der Waals surface area contributed by atoms with Gasteiger partial charge in [-0.15, -0.1) is 5.10 Å². The molecular formula is C16H24N4O2. The van der Waals surface area contributed by atoms with E-state index in [1.807, 2.05) is 24.0 Å². The van der Waals surface area contributed by atoms with Gasteiger partial charge in [0.1, 0.15) is 6.73 Å². The van der Waals surface area contributed by atoms with Crippen molar-refractivity contribution in [2.75, 3.05) is 31.3 Å². The molecule has 1 amide bonds. The molecule has 0 aromatic carbocycles. The lowest BCUT2D eigenvalue weighted by atomic mass is 9.93. The Hall–Kier alpha value is -1.69. The summed E-state index contributed by atoms with van der Waals surface area (Å²) in [6, 6.07) is 3.98. The fraction of sp³-hybridized carbons (Fsp3) is 0.688. The first-order valence-electron chi connectivity index (χ1n) is 7.92. The highest BCUT2D eigenvalue weighted by Gasteiger charge is 2.40. The third-order valence-corrected chi connectivity index (χ3v) is 4.62. The summed E-state index contributed by atoms with van der Waals surface area (Å²) in [5, 5.41) is 8.34. The predicted octanol–water partition coefficient (Wildman–Crippen LogP) is 1.60. The fourth-order valence-electron chi connectivity index (χ4n) is 3.14. The molecule has 1 aromatic rings. The summed E-state index contributed by atoms with van der Waals surface area (Å²) in [5.41, 5.74) is 0.737. The van der Waals surface area contributed by atoms with Crippen LogP contribution >= 0.6 is 0 Å². The monoisotopic (exact) mass is 304 g/mol. The van der Waals surface area contributed by atoms with Crippen LogP contribution in [0.4, 0.5) is 5.82 Å². The Balaban J connectivity index is 1.59. The molecule has 0 atom stereocenters. The maximum atomic E-state index is 12.7. The van der Waals surface area contributed by atoms with Gasteiger partial charge in [-0.25, -0.2) is 0 Å². The molecule has 0 spiro atoms. The number of nitrogens with zero attached hydrogens (tertiary/aromatic N) is 4. The molecule has 2 aliphatic rings. The summed E-state index contributed by atoms with van der Waals surface area (Å²) in [6.45, 7) is 8.81. The largest absolute Gasteiger partial charge is 0.359 e. The Morgan fingerprint density at radius 2 is 2.00 bits per heavy atom. The van der Waals surface area contributed by atoms with Crippen LogP contribution < -0.4 is 4.90 Å². The molecule has 1 aromatic heterocycles. The van der Waals surface area contributed by atoms with Crippen LogP contribution in [0.1, 0.15) is 32.4 Å². The lowest BCUT2D eigenvalue weighted by Gasteiger charge is -2.36. The summed E-state index contributed by atoms with van der Waals surface area (Å²) in [4.78, 5) is 16.8. The minimum Gasteiger partial charge on any atom is -0.359 e. The first kappa shape index (κ1) is 15.2. The zero-order valence-corrected chi connectivity index (χ0v) is 13.6. The first-order chi connectivity index (χ1) is 10.5. The number of anilines is 1. The van der Waals surface area contributed by atoms with Gasteiger partial charge in [0.2, 0.25) is 5.91 Å². The number of rotatable bonds is 2. The molecular weight excluding hydrogens is 280 g/mol. The summed E-state index contributed by atoms with van der Waals surface area (Å²) in [5.74, 6) is 1.23. The second-order valence-corrected chi connectivity index (χ2v) is 6.85. The highest BCUT2D eigenvalue weighted by molar-refractivity contribution is 5.80. The smallest absolute Gasteiger partial charge is 0.228 e. The van der Waals surface area contributed by atoms with E-state index in [0.29, 0.717) is 13.3 Å². The average molecular weight is 304 g/mol. The third kappa shape index (κ3) is 2.92. The van der Waals surface area contributed by atoms with Crippen LogP contribution in [0.2, 0.25) is 0 Å². The molecule has 2 saturated heterocycles. The first-order valence-corrected chi connectivity index (χ1v) is 7.92. The molecule has 6 nitrogen and oxygen atoms in total. The van der Waals surface area contributed by atoms with Gasteiger partial charge >= 0.3 is 0 Å². The molecule has 0 bridgehead atoms. The van der Waals surface area contributed by atoms with E-state index in [-0.39, 0.29) is 17.4 Å². The lowest BCUT2D eigenvalue weighted by molar-refractivity contribution is -0.140. The third-order valence-electron chi connectivity index (χ3n) is 4.62. The van der Waals surface area contributed by atoms with Gasteiger partial charge in [-0.3, -0.25) is 4.79 Å². The summed E-state index contributed by atoms with van der Waals surface area (Å²) >= 11 is 0. The van der Waals surface area contributed by atoms with E-state index in [4.69, 9.17) is 4.74 Å². The molecule has 6 heteroatoms. The van der Waals surface area contributed by atoms with E-state index in [1.54, 1.807) is 0 Å². The normalized spacial score (nSPS) is 22.1. The zero-order valence-electron chi connectivity index (χ0n) is 13.6. The van der Waals surface area contributed by atoms with Crippen LogP contribution in [-0.4, -0.2) is 53.0 Å². The number of aromatic nitrogens is 2. The topological polar surface area (TPSA) is 58.6 Å². The SMILES string of the molecule is Cc1ccc(N2CCC(C(=O)N3COCC3(C)C)CC2)nn1.